The van der Waals surface area contributed by atoms with Crippen LogP contribution in [-0.4, -0.2) is 36.2 Å². The molecule has 1 aromatic rings. The van der Waals surface area contributed by atoms with Crippen molar-refractivity contribution in [3.63, 3.8) is 0 Å². The van der Waals surface area contributed by atoms with E-state index in [0.29, 0.717) is 17.3 Å². The van der Waals surface area contributed by atoms with Gasteiger partial charge < -0.3 is 9.84 Å². The van der Waals surface area contributed by atoms with E-state index in [9.17, 15) is 4.79 Å². The van der Waals surface area contributed by atoms with Gasteiger partial charge in [-0.1, -0.05) is 23.6 Å². The lowest BCUT2D eigenvalue weighted by molar-refractivity contribution is -0.138. The summed E-state index contributed by atoms with van der Waals surface area (Å²) in [6, 6.07) is 5.31. The van der Waals surface area contributed by atoms with E-state index in [1.807, 2.05) is 6.07 Å². The summed E-state index contributed by atoms with van der Waals surface area (Å²) in [5.74, 6) is 2.11. The summed E-state index contributed by atoms with van der Waals surface area (Å²) in [7, 11) is 1.54. The molecule has 0 aromatic heterocycles. The second-order valence-corrected chi connectivity index (χ2v) is 4.12. The molecular formula is C13H14ClNO3. The van der Waals surface area contributed by atoms with Crippen LogP contribution in [0.4, 0.5) is 0 Å². The number of aliphatic carboxylic acids is 1. The van der Waals surface area contributed by atoms with Gasteiger partial charge >= 0.3 is 5.97 Å². The normalized spacial score (nSPS) is 10.1. The lowest BCUT2D eigenvalue weighted by atomic mass is 10.2. The van der Waals surface area contributed by atoms with Crippen LogP contribution in [0.5, 0.6) is 5.75 Å². The SMILES string of the molecule is C#CCN(CC(=O)O)Cc1ccc(OC)c(Cl)c1. The maximum atomic E-state index is 10.7. The zero-order valence-electron chi connectivity index (χ0n) is 10.0. The molecule has 96 valence electrons. The lowest BCUT2D eigenvalue weighted by Crippen LogP contribution is -2.29. The zero-order chi connectivity index (χ0) is 13.5. The molecule has 0 fully saturated rings. The first-order valence-corrected chi connectivity index (χ1v) is 5.64. The summed E-state index contributed by atoms with van der Waals surface area (Å²) in [6.45, 7) is 0.601. The van der Waals surface area contributed by atoms with E-state index >= 15 is 0 Å². The fourth-order valence-electron chi connectivity index (χ4n) is 1.55. The molecular weight excluding hydrogens is 254 g/mol. The van der Waals surface area contributed by atoms with Crippen LogP contribution in [0.25, 0.3) is 0 Å². The average molecular weight is 268 g/mol. The number of benzene rings is 1. The van der Waals surface area contributed by atoms with Gasteiger partial charge in [-0.05, 0) is 17.7 Å². The summed E-state index contributed by atoms with van der Waals surface area (Å²) in [4.78, 5) is 12.3. The van der Waals surface area contributed by atoms with Crippen molar-refractivity contribution in [1.29, 1.82) is 0 Å². The lowest BCUT2D eigenvalue weighted by Gasteiger charge is -2.17. The minimum Gasteiger partial charge on any atom is -0.495 e. The minimum absolute atomic E-state index is 0.103. The molecule has 0 aliphatic carbocycles. The van der Waals surface area contributed by atoms with E-state index in [2.05, 4.69) is 5.92 Å². The van der Waals surface area contributed by atoms with Gasteiger partial charge in [0.15, 0.2) is 0 Å². The Balaban J connectivity index is 2.77. The Labute approximate surface area is 111 Å². The quantitative estimate of drug-likeness (QED) is 0.800. The molecule has 0 bridgehead atoms. The molecule has 0 spiro atoms. The average Bonchev–Trinajstić information content (AvgIpc) is 2.28. The van der Waals surface area contributed by atoms with E-state index in [1.54, 1.807) is 17.0 Å². The van der Waals surface area contributed by atoms with Crippen LogP contribution in [0, 0.1) is 12.3 Å². The van der Waals surface area contributed by atoms with Crippen LogP contribution in [-0.2, 0) is 11.3 Å². The molecule has 0 amide bonds. The first-order chi connectivity index (χ1) is 8.56. The number of carbonyl (C=O) groups is 1. The van der Waals surface area contributed by atoms with Crippen LogP contribution >= 0.6 is 11.6 Å². The fourth-order valence-corrected chi connectivity index (χ4v) is 1.83. The van der Waals surface area contributed by atoms with Gasteiger partial charge in [-0.3, -0.25) is 9.69 Å². The van der Waals surface area contributed by atoms with Crippen molar-refractivity contribution in [3.05, 3.63) is 28.8 Å². The Kier molecular flexibility index (Phi) is 5.50. The smallest absolute Gasteiger partial charge is 0.317 e. The highest BCUT2D eigenvalue weighted by Gasteiger charge is 2.10. The van der Waals surface area contributed by atoms with E-state index in [0.717, 1.165) is 5.56 Å². The van der Waals surface area contributed by atoms with Gasteiger partial charge in [-0.15, -0.1) is 6.42 Å². The molecule has 0 saturated carbocycles. The minimum atomic E-state index is -0.912. The standard InChI is InChI=1S/C13H14ClNO3/c1-3-6-15(9-13(16)17)8-10-4-5-12(18-2)11(14)7-10/h1,4-5,7H,6,8-9H2,2H3,(H,16,17). The second-order valence-electron chi connectivity index (χ2n) is 3.71. The Morgan fingerprint density at radius 2 is 2.33 bits per heavy atom. The third-order valence-electron chi connectivity index (χ3n) is 2.30. The van der Waals surface area contributed by atoms with Crippen molar-refractivity contribution in [2.75, 3.05) is 20.2 Å². The van der Waals surface area contributed by atoms with Crippen molar-refractivity contribution in [2.45, 2.75) is 6.54 Å². The van der Waals surface area contributed by atoms with Crippen LogP contribution in [0.3, 0.4) is 0 Å². The highest BCUT2D eigenvalue weighted by Crippen LogP contribution is 2.25. The third kappa shape index (κ3) is 4.28. The first kappa shape index (κ1) is 14.4. The Morgan fingerprint density at radius 1 is 1.61 bits per heavy atom. The summed E-state index contributed by atoms with van der Waals surface area (Å²) in [6.07, 6.45) is 5.20. The van der Waals surface area contributed by atoms with Crippen LogP contribution in [0.1, 0.15) is 5.56 Å². The van der Waals surface area contributed by atoms with Gasteiger partial charge in [0, 0.05) is 6.54 Å². The van der Waals surface area contributed by atoms with E-state index in [-0.39, 0.29) is 13.1 Å². The molecule has 1 aromatic carbocycles. The topological polar surface area (TPSA) is 49.8 Å². The van der Waals surface area contributed by atoms with Gasteiger partial charge in [0.2, 0.25) is 0 Å². The number of rotatable bonds is 6. The molecule has 0 atom stereocenters. The van der Waals surface area contributed by atoms with Gasteiger partial charge in [0.25, 0.3) is 0 Å². The van der Waals surface area contributed by atoms with E-state index < -0.39 is 5.97 Å². The van der Waals surface area contributed by atoms with E-state index in [1.165, 1.54) is 7.11 Å². The van der Waals surface area contributed by atoms with Crippen molar-refractivity contribution >= 4 is 17.6 Å². The second kappa shape index (κ2) is 6.90. The predicted octanol–water partition coefficient (Wildman–Crippen LogP) is 1.87. The molecule has 4 nitrogen and oxygen atoms in total. The Hall–Kier alpha value is -1.70. The Morgan fingerprint density at radius 3 is 2.83 bits per heavy atom. The van der Waals surface area contributed by atoms with Gasteiger partial charge in [-0.2, -0.15) is 0 Å². The summed E-state index contributed by atoms with van der Waals surface area (Å²) in [5, 5.41) is 9.26. The molecule has 5 heteroatoms. The largest absolute Gasteiger partial charge is 0.495 e. The number of halogens is 1. The molecule has 1 rings (SSSR count). The van der Waals surface area contributed by atoms with Gasteiger partial charge in [0.1, 0.15) is 5.75 Å². The maximum Gasteiger partial charge on any atom is 0.317 e. The molecule has 18 heavy (non-hydrogen) atoms. The number of methoxy groups -OCH3 is 1. The molecule has 0 saturated heterocycles. The number of hydrogen-bond donors (Lipinski definition) is 1. The summed E-state index contributed by atoms with van der Waals surface area (Å²) >= 11 is 6.00. The molecule has 0 radical (unpaired) electrons. The molecule has 1 N–H and O–H groups in total. The molecule has 0 aliphatic rings. The maximum absolute atomic E-state index is 10.7. The number of ether oxygens (including phenoxy) is 1. The monoisotopic (exact) mass is 267 g/mol. The number of carboxylic acids is 1. The molecule has 0 heterocycles. The third-order valence-corrected chi connectivity index (χ3v) is 2.59. The number of nitrogens with zero attached hydrogens (tertiary/aromatic N) is 1. The van der Waals surface area contributed by atoms with E-state index in [4.69, 9.17) is 27.9 Å². The number of carboxylic acid groups (broad SMARTS) is 1. The highest BCUT2D eigenvalue weighted by molar-refractivity contribution is 6.32. The fraction of sp³-hybridized carbons (Fsp3) is 0.308. The van der Waals surface area contributed by atoms with Crippen molar-refractivity contribution < 1.29 is 14.6 Å². The summed E-state index contributed by atoms with van der Waals surface area (Å²) < 4.78 is 5.04. The predicted molar refractivity (Wildman–Crippen MR) is 69.7 cm³/mol. The first-order valence-electron chi connectivity index (χ1n) is 5.27. The number of terminal acetylenes is 1. The zero-order valence-corrected chi connectivity index (χ0v) is 10.8. The Bertz CT molecular complexity index is 468. The van der Waals surface area contributed by atoms with Crippen LogP contribution < -0.4 is 4.74 Å². The van der Waals surface area contributed by atoms with Gasteiger partial charge in [-0.25, -0.2) is 0 Å². The molecule has 0 unspecified atom stereocenters. The van der Waals surface area contributed by atoms with Gasteiger partial charge in [0.05, 0.1) is 25.2 Å². The van der Waals surface area contributed by atoms with Crippen molar-refractivity contribution in [2.24, 2.45) is 0 Å². The van der Waals surface area contributed by atoms with Crippen molar-refractivity contribution in [3.8, 4) is 18.1 Å². The van der Waals surface area contributed by atoms with Crippen LogP contribution in [0.15, 0.2) is 18.2 Å². The van der Waals surface area contributed by atoms with Crippen LogP contribution in [0.2, 0.25) is 5.02 Å². The highest BCUT2D eigenvalue weighted by atomic mass is 35.5. The molecule has 0 aliphatic heterocycles. The summed E-state index contributed by atoms with van der Waals surface area (Å²) in [5.41, 5.74) is 0.886. The van der Waals surface area contributed by atoms with Crippen molar-refractivity contribution in [1.82, 2.24) is 4.90 Å². The number of hydrogen-bond acceptors (Lipinski definition) is 3.